The first-order chi connectivity index (χ1) is 7.78. The molecule has 0 aromatic carbocycles. The van der Waals surface area contributed by atoms with Gasteiger partial charge in [-0.15, -0.1) is 11.3 Å². The van der Waals surface area contributed by atoms with Crippen molar-refractivity contribution in [2.24, 2.45) is 5.92 Å². The van der Waals surface area contributed by atoms with Gasteiger partial charge in [0.25, 0.3) is 0 Å². The van der Waals surface area contributed by atoms with Crippen LogP contribution in [0.1, 0.15) is 30.6 Å². The third-order valence-corrected chi connectivity index (χ3v) is 4.92. The minimum Gasteiger partial charge on any atom is -0.396 e. The fraction of sp³-hybridized carbons (Fsp3) is 0.667. The first-order valence-electron chi connectivity index (χ1n) is 5.86. The summed E-state index contributed by atoms with van der Waals surface area (Å²) in [5.41, 5.74) is 0. The summed E-state index contributed by atoms with van der Waals surface area (Å²) in [6, 6.07) is 4.91. The molecule has 0 atom stereocenters. The van der Waals surface area contributed by atoms with E-state index in [4.69, 9.17) is 5.11 Å². The second-order valence-corrected chi connectivity index (χ2v) is 7.03. The maximum absolute atomic E-state index is 9.06. The van der Waals surface area contributed by atoms with Gasteiger partial charge >= 0.3 is 0 Å². The van der Waals surface area contributed by atoms with Crippen molar-refractivity contribution >= 4 is 27.3 Å². The lowest BCUT2D eigenvalue weighted by molar-refractivity contribution is 0.175. The van der Waals surface area contributed by atoms with Crippen LogP contribution < -0.4 is 5.32 Å². The van der Waals surface area contributed by atoms with Crippen molar-refractivity contribution in [3.05, 3.63) is 20.8 Å². The molecule has 16 heavy (non-hydrogen) atoms. The van der Waals surface area contributed by atoms with E-state index in [2.05, 4.69) is 33.4 Å². The van der Waals surface area contributed by atoms with Gasteiger partial charge in [-0.2, -0.15) is 0 Å². The van der Waals surface area contributed by atoms with Crippen molar-refractivity contribution in [1.29, 1.82) is 0 Å². The van der Waals surface area contributed by atoms with Gasteiger partial charge in [-0.3, -0.25) is 0 Å². The van der Waals surface area contributed by atoms with E-state index in [1.54, 1.807) is 11.3 Å². The molecule has 4 heteroatoms. The largest absolute Gasteiger partial charge is 0.396 e. The summed E-state index contributed by atoms with van der Waals surface area (Å²) in [7, 11) is 0. The Morgan fingerprint density at radius 3 is 2.62 bits per heavy atom. The molecule has 1 aliphatic carbocycles. The van der Waals surface area contributed by atoms with Crippen molar-refractivity contribution in [3.8, 4) is 0 Å². The quantitative estimate of drug-likeness (QED) is 0.895. The second-order valence-electron chi connectivity index (χ2n) is 4.49. The lowest BCUT2D eigenvalue weighted by Crippen LogP contribution is -2.33. The first-order valence-corrected chi connectivity index (χ1v) is 7.47. The summed E-state index contributed by atoms with van der Waals surface area (Å²) in [6.07, 6.45) is 4.75. The highest BCUT2D eigenvalue weighted by atomic mass is 79.9. The van der Waals surface area contributed by atoms with E-state index in [-0.39, 0.29) is 0 Å². The number of halogens is 1. The highest BCUT2D eigenvalue weighted by Crippen LogP contribution is 2.25. The standard InChI is InChI=1S/C12H18BrNOS/c13-12-6-5-11(16-12)7-14-10-3-1-9(8-15)2-4-10/h5-6,9-10,14-15H,1-4,7-8H2. The Morgan fingerprint density at radius 2 is 2.06 bits per heavy atom. The number of thiophene rings is 1. The van der Waals surface area contributed by atoms with Crippen LogP contribution in [0.15, 0.2) is 15.9 Å². The van der Waals surface area contributed by atoms with Crippen LogP contribution in [0, 0.1) is 5.92 Å². The van der Waals surface area contributed by atoms with Gasteiger partial charge in [-0.1, -0.05) is 0 Å². The molecule has 1 fully saturated rings. The number of hydrogen-bond donors (Lipinski definition) is 2. The Bertz CT molecular complexity index is 321. The second kappa shape index (κ2) is 6.15. The predicted molar refractivity (Wildman–Crippen MR) is 71.7 cm³/mol. The summed E-state index contributed by atoms with van der Waals surface area (Å²) in [5, 5.41) is 12.7. The van der Waals surface area contributed by atoms with E-state index in [1.807, 2.05) is 0 Å². The molecule has 1 heterocycles. The molecule has 0 radical (unpaired) electrons. The van der Waals surface area contributed by atoms with Gasteiger partial charge in [-0.05, 0) is 59.7 Å². The minimum atomic E-state index is 0.366. The van der Waals surface area contributed by atoms with Crippen LogP contribution >= 0.6 is 27.3 Å². The SMILES string of the molecule is OCC1CCC(NCc2ccc(Br)s2)CC1. The molecule has 1 aromatic heterocycles. The fourth-order valence-corrected chi connectivity index (χ4v) is 3.67. The van der Waals surface area contributed by atoms with Crippen LogP contribution in [0.2, 0.25) is 0 Å². The number of hydrogen-bond acceptors (Lipinski definition) is 3. The average molecular weight is 304 g/mol. The Kier molecular flexibility index (Phi) is 4.82. The van der Waals surface area contributed by atoms with E-state index in [9.17, 15) is 0 Å². The monoisotopic (exact) mass is 303 g/mol. The maximum Gasteiger partial charge on any atom is 0.0701 e. The predicted octanol–water partition coefficient (Wildman–Crippen LogP) is 3.15. The lowest BCUT2D eigenvalue weighted by atomic mass is 9.86. The maximum atomic E-state index is 9.06. The van der Waals surface area contributed by atoms with Crippen LogP contribution in [0.25, 0.3) is 0 Å². The van der Waals surface area contributed by atoms with E-state index < -0.39 is 0 Å². The molecule has 1 aromatic rings. The van der Waals surface area contributed by atoms with E-state index in [1.165, 1.54) is 34.3 Å². The van der Waals surface area contributed by atoms with Crippen molar-refractivity contribution in [2.45, 2.75) is 38.3 Å². The van der Waals surface area contributed by atoms with Gasteiger partial charge in [0.2, 0.25) is 0 Å². The van der Waals surface area contributed by atoms with Crippen LogP contribution in [0.3, 0.4) is 0 Å². The Balaban J connectivity index is 1.71. The third-order valence-electron chi connectivity index (χ3n) is 3.30. The fourth-order valence-electron chi connectivity index (χ4n) is 2.24. The first kappa shape index (κ1) is 12.6. The molecular formula is C12H18BrNOS. The number of nitrogens with one attached hydrogen (secondary N) is 1. The third kappa shape index (κ3) is 3.55. The van der Waals surface area contributed by atoms with Crippen LogP contribution in [-0.4, -0.2) is 17.8 Å². The lowest BCUT2D eigenvalue weighted by Gasteiger charge is -2.27. The van der Waals surface area contributed by atoms with E-state index in [0.29, 0.717) is 18.6 Å². The number of aliphatic hydroxyl groups is 1. The van der Waals surface area contributed by atoms with Crippen molar-refractivity contribution in [3.63, 3.8) is 0 Å². The van der Waals surface area contributed by atoms with Crippen LogP contribution in [0.5, 0.6) is 0 Å². The van der Waals surface area contributed by atoms with Gasteiger partial charge < -0.3 is 10.4 Å². The topological polar surface area (TPSA) is 32.3 Å². The highest BCUT2D eigenvalue weighted by molar-refractivity contribution is 9.11. The van der Waals surface area contributed by atoms with Crippen molar-refractivity contribution < 1.29 is 5.11 Å². The Morgan fingerprint density at radius 1 is 1.31 bits per heavy atom. The number of aliphatic hydroxyl groups excluding tert-OH is 1. The van der Waals surface area contributed by atoms with E-state index >= 15 is 0 Å². The summed E-state index contributed by atoms with van der Waals surface area (Å²) in [4.78, 5) is 1.39. The van der Waals surface area contributed by atoms with Gasteiger partial charge in [0, 0.05) is 24.1 Å². The molecule has 1 aliphatic rings. The van der Waals surface area contributed by atoms with Crippen molar-refractivity contribution in [2.75, 3.05) is 6.61 Å². The Labute approximate surface area is 109 Å². The van der Waals surface area contributed by atoms with Gasteiger partial charge in [0.05, 0.1) is 3.79 Å². The van der Waals surface area contributed by atoms with Gasteiger partial charge in [0.1, 0.15) is 0 Å². The summed E-state index contributed by atoms with van der Waals surface area (Å²) in [6.45, 7) is 1.34. The van der Waals surface area contributed by atoms with E-state index in [0.717, 1.165) is 6.54 Å². The molecule has 2 nitrogen and oxygen atoms in total. The molecule has 2 rings (SSSR count). The van der Waals surface area contributed by atoms with Gasteiger partial charge in [-0.25, -0.2) is 0 Å². The summed E-state index contributed by atoms with van der Waals surface area (Å²) < 4.78 is 1.20. The number of rotatable bonds is 4. The zero-order valence-electron chi connectivity index (χ0n) is 9.29. The molecule has 0 aliphatic heterocycles. The molecule has 2 N–H and O–H groups in total. The smallest absolute Gasteiger partial charge is 0.0701 e. The van der Waals surface area contributed by atoms with Crippen LogP contribution in [0.4, 0.5) is 0 Å². The molecule has 0 amide bonds. The molecule has 0 saturated heterocycles. The average Bonchev–Trinajstić information content (AvgIpc) is 2.73. The molecule has 1 saturated carbocycles. The Hall–Kier alpha value is 0.1000. The normalized spacial score (nSPS) is 25.9. The molecular weight excluding hydrogens is 286 g/mol. The van der Waals surface area contributed by atoms with Gasteiger partial charge in [0.15, 0.2) is 0 Å². The zero-order chi connectivity index (χ0) is 11.4. The van der Waals surface area contributed by atoms with Crippen molar-refractivity contribution in [1.82, 2.24) is 5.32 Å². The highest BCUT2D eigenvalue weighted by Gasteiger charge is 2.19. The zero-order valence-corrected chi connectivity index (χ0v) is 11.7. The summed E-state index contributed by atoms with van der Waals surface area (Å²) in [5.74, 6) is 0.550. The summed E-state index contributed by atoms with van der Waals surface area (Å²) >= 11 is 5.27. The molecule has 90 valence electrons. The van der Waals surface area contributed by atoms with Crippen LogP contribution in [-0.2, 0) is 6.54 Å². The minimum absolute atomic E-state index is 0.366. The molecule has 0 spiro atoms. The molecule has 0 unspecified atom stereocenters. The molecule has 0 bridgehead atoms.